The predicted octanol–water partition coefficient (Wildman–Crippen LogP) is 5.14. The van der Waals surface area contributed by atoms with Crippen LogP contribution in [0.3, 0.4) is 0 Å². The van der Waals surface area contributed by atoms with Crippen LogP contribution in [0.4, 0.5) is 11.5 Å². The number of anilines is 2. The van der Waals surface area contributed by atoms with Gasteiger partial charge in [0.1, 0.15) is 11.5 Å². The average Bonchev–Trinajstić information content (AvgIpc) is 2.70. The fourth-order valence-electron chi connectivity index (χ4n) is 3.08. The van der Waals surface area contributed by atoms with Gasteiger partial charge in [-0.15, -0.1) is 0 Å². The quantitative estimate of drug-likeness (QED) is 0.627. The van der Waals surface area contributed by atoms with Crippen LogP contribution >= 0.6 is 0 Å². The van der Waals surface area contributed by atoms with E-state index in [1.54, 1.807) is 6.20 Å². The topological polar surface area (TPSA) is 66.9 Å². The highest BCUT2D eigenvalue weighted by atomic mass is 16.1. The molecular formula is C23H26N4O. The Morgan fingerprint density at radius 1 is 0.929 bits per heavy atom. The molecule has 0 fully saturated rings. The SMILES string of the molecule is Cc1cccc(C(C)C)c1Nc1cnc(C(=O)NC(C)c2ccccc2)cn1. The third-order valence-corrected chi connectivity index (χ3v) is 4.71. The first-order valence-corrected chi connectivity index (χ1v) is 9.50. The predicted molar refractivity (Wildman–Crippen MR) is 113 cm³/mol. The van der Waals surface area contributed by atoms with E-state index in [0.717, 1.165) is 16.8 Å². The van der Waals surface area contributed by atoms with Crippen molar-refractivity contribution in [2.75, 3.05) is 5.32 Å². The monoisotopic (exact) mass is 374 g/mol. The van der Waals surface area contributed by atoms with Crippen LogP contribution in [-0.4, -0.2) is 15.9 Å². The standard InChI is InChI=1S/C23H26N4O/c1-15(2)19-12-8-9-16(3)22(19)27-21-14-24-20(13-25-21)23(28)26-17(4)18-10-6-5-7-11-18/h5-15,17H,1-4H3,(H,25,27)(H,26,28). The van der Waals surface area contributed by atoms with Gasteiger partial charge in [0.15, 0.2) is 0 Å². The third-order valence-electron chi connectivity index (χ3n) is 4.71. The van der Waals surface area contributed by atoms with Gasteiger partial charge in [-0.3, -0.25) is 4.79 Å². The van der Waals surface area contributed by atoms with Crippen LogP contribution in [0, 0.1) is 6.92 Å². The Morgan fingerprint density at radius 2 is 1.68 bits per heavy atom. The lowest BCUT2D eigenvalue weighted by molar-refractivity contribution is 0.0934. The number of amides is 1. The van der Waals surface area contributed by atoms with Crippen LogP contribution < -0.4 is 10.6 Å². The Labute approximate surface area is 166 Å². The summed E-state index contributed by atoms with van der Waals surface area (Å²) in [5, 5.41) is 6.30. The molecule has 144 valence electrons. The number of rotatable bonds is 6. The average molecular weight is 374 g/mol. The minimum atomic E-state index is -0.242. The van der Waals surface area contributed by atoms with E-state index in [2.05, 4.69) is 59.6 Å². The lowest BCUT2D eigenvalue weighted by Crippen LogP contribution is -2.27. The molecule has 2 N–H and O–H groups in total. The lowest BCUT2D eigenvalue weighted by Gasteiger charge is -2.17. The Morgan fingerprint density at radius 3 is 2.32 bits per heavy atom. The molecule has 1 aromatic heterocycles. The molecule has 2 aromatic carbocycles. The Bertz CT molecular complexity index is 937. The van der Waals surface area contributed by atoms with Crippen molar-refractivity contribution in [1.29, 1.82) is 0 Å². The number of nitrogens with zero attached hydrogens (tertiary/aromatic N) is 2. The van der Waals surface area contributed by atoms with E-state index in [0.29, 0.717) is 17.4 Å². The summed E-state index contributed by atoms with van der Waals surface area (Å²) in [6, 6.07) is 16.0. The molecule has 0 radical (unpaired) electrons. The van der Waals surface area contributed by atoms with Gasteiger partial charge in [-0.1, -0.05) is 62.4 Å². The van der Waals surface area contributed by atoms with E-state index in [1.807, 2.05) is 37.3 Å². The number of hydrogen-bond donors (Lipinski definition) is 2. The summed E-state index contributed by atoms with van der Waals surface area (Å²) in [5.41, 5.74) is 4.75. The summed E-state index contributed by atoms with van der Waals surface area (Å²) < 4.78 is 0. The van der Waals surface area contributed by atoms with Crippen molar-refractivity contribution in [3.05, 3.63) is 83.3 Å². The Kier molecular flexibility index (Phi) is 6.04. The van der Waals surface area contributed by atoms with E-state index >= 15 is 0 Å². The molecule has 1 heterocycles. The van der Waals surface area contributed by atoms with Gasteiger partial charge in [0, 0.05) is 5.69 Å². The van der Waals surface area contributed by atoms with E-state index < -0.39 is 0 Å². The molecule has 5 nitrogen and oxygen atoms in total. The molecule has 3 aromatic rings. The summed E-state index contributed by atoms with van der Waals surface area (Å²) in [6.07, 6.45) is 3.10. The summed E-state index contributed by atoms with van der Waals surface area (Å²) >= 11 is 0. The van der Waals surface area contributed by atoms with Crippen LogP contribution in [0.5, 0.6) is 0 Å². The first-order valence-electron chi connectivity index (χ1n) is 9.50. The van der Waals surface area contributed by atoms with E-state index in [9.17, 15) is 4.79 Å². The van der Waals surface area contributed by atoms with Crippen molar-refractivity contribution >= 4 is 17.4 Å². The number of nitrogens with one attached hydrogen (secondary N) is 2. The maximum atomic E-state index is 12.5. The zero-order chi connectivity index (χ0) is 20.1. The highest BCUT2D eigenvalue weighted by Crippen LogP contribution is 2.29. The molecule has 1 unspecified atom stereocenters. The molecule has 5 heteroatoms. The van der Waals surface area contributed by atoms with Gasteiger partial charge >= 0.3 is 0 Å². The van der Waals surface area contributed by atoms with Crippen LogP contribution in [-0.2, 0) is 0 Å². The summed E-state index contributed by atoms with van der Waals surface area (Å²) in [7, 11) is 0. The summed E-state index contributed by atoms with van der Waals surface area (Å²) in [5.74, 6) is 0.762. The fraction of sp³-hybridized carbons (Fsp3) is 0.261. The molecule has 0 aliphatic carbocycles. The van der Waals surface area contributed by atoms with E-state index in [4.69, 9.17) is 0 Å². The number of hydrogen-bond acceptors (Lipinski definition) is 4. The normalized spacial score (nSPS) is 11.9. The molecule has 1 atom stereocenters. The first-order chi connectivity index (χ1) is 13.5. The number of aromatic nitrogens is 2. The maximum Gasteiger partial charge on any atom is 0.271 e. The third kappa shape index (κ3) is 4.55. The van der Waals surface area contributed by atoms with Crippen molar-refractivity contribution in [3.8, 4) is 0 Å². The highest BCUT2D eigenvalue weighted by Gasteiger charge is 2.14. The van der Waals surface area contributed by atoms with Crippen molar-refractivity contribution in [2.24, 2.45) is 0 Å². The molecule has 3 rings (SSSR count). The van der Waals surface area contributed by atoms with Gasteiger partial charge < -0.3 is 10.6 Å². The van der Waals surface area contributed by atoms with Crippen molar-refractivity contribution in [1.82, 2.24) is 15.3 Å². The lowest BCUT2D eigenvalue weighted by atomic mass is 9.98. The molecular weight excluding hydrogens is 348 g/mol. The Balaban J connectivity index is 1.71. The Hall–Kier alpha value is -3.21. The van der Waals surface area contributed by atoms with Crippen molar-refractivity contribution < 1.29 is 4.79 Å². The van der Waals surface area contributed by atoms with Crippen LogP contribution in [0.1, 0.15) is 59.9 Å². The molecule has 0 aliphatic rings. The summed E-state index contributed by atoms with van der Waals surface area (Å²) in [4.78, 5) is 21.1. The molecule has 1 amide bonds. The molecule has 0 saturated carbocycles. The number of benzene rings is 2. The number of carbonyl (C=O) groups is 1. The largest absolute Gasteiger partial charge is 0.344 e. The smallest absolute Gasteiger partial charge is 0.271 e. The second-order valence-electron chi connectivity index (χ2n) is 7.21. The second kappa shape index (κ2) is 8.65. The fourth-order valence-corrected chi connectivity index (χ4v) is 3.08. The van der Waals surface area contributed by atoms with Crippen molar-refractivity contribution in [2.45, 2.75) is 39.7 Å². The molecule has 28 heavy (non-hydrogen) atoms. The maximum absolute atomic E-state index is 12.5. The molecule has 0 bridgehead atoms. The van der Waals surface area contributed by atoms with Gasteiger partial charge in [0.05, 0.1) is 18.4 Å². The van der Waals surface area contributed by atoms with Gasteiger partial charge in [-0.25, -0.2) is 9.97 Å². The highest BCUT2D eigenvalue weighted by molar-refractivity contribution is 5.92. The van der Waals surface area contributed by atoms with Gasteiger partial charge in [0.25, 0.3) is 5.91 Å². The zero-order valence-electron chi connectivity index (χ0n) is 16.7. The van der Waals surface area contributed by atoms with Crippen LogP contribution in [0.25, 0.3) is 0 Å². The van der Waals surface area contributed by atoms with Gasteiger partial charge in [-0.05, 0) is 36.5 Å². The van der Waals surface area contributed by atoms with Gasteiger partial charge in [-0.2, -0.15) is 0 Å². The van der Waals surface area contributed by atoms with E-state index in [-0.39, 0.29) is 11.9 Å². The van der Waals surface area contributed by atoms with Crippen molar-refractivity contribution in [3.63, 3.8) is 0 Å². The minimum Gasteiger partial charge on any atom is -0.344 e. The molecule has 0 spiro atoms. The zero-order valence-corrected chi connectivity index (χ0v) is 16.7. The van der Waals surface area contributed by atoms with Crippen LogP contribution in [0.2, 0.25) is 0 Å². The van der Waals surface area contributed by atoms with E-state index in [1.165, 1.54) is 11.8 Å². The second-order valence-corrected chi connectivity index (χ2v) is 7.21. The summed E-state index contributed by atoms with van der Waals surface area (Å²) in [6.45, 7) is 8.33. The molecule has 0 aliphatic heterocycles. The van der Waals surface area contributed by atoms with Gasteiger partial charge in [0.2, 0.25) is 0 Å². The first kappa shape index (κ1) is 19.5. The number of para-hydroxylation sites is 1. The minimum absolute atomic E-state index is 0.103. The number of carbonyl (C=O) groups excluding carboxylic acids is 1. The van der Waals surface area contributed by atoms with Crippen LogP contribution in [0.15, 0.2) is 60.9 Å². The molecule has 0 saturated heterocycles. The number of aryl methyl sites for hydroxylation is 1.